The lowest BCUT2D eigenvalue weighted by atomic mass is 10.0. The number of benzene rings is 2. The first-order valence-electron chi connectivity index (χ1n) is 11.2. The smallest absolute Gasteiger partial charge is 0.308 e. The van der Waals surface area contributed by atoms with Crippen LogP contribution >= 0.6 is 11.3 Å². The second-order valence-electron chi connectivity index (χ2n) is 8.53. The van der Waals surface area contributed by atoms with E-state index in [1.807, 2.05) is 24.3 Å². The molecule has 9 heteroatoms. The summed E-state index contributed by atoms with van der Waals surface area (Å²) in [7, 11) is 1.65. The minimum atomic E-state index is -0.418. The molecule has 0 aliphatic heterocycles. The third-order valence-corrected chi connectivity index (χ3v) is 7.26. The molecule has 3 heterocycles. The van der Waals surface area contributed by atoms with E-state index >= 15 is 0 Å². The Hall–Kier alpha value is -3.98. The van der Waals surface area contributed by atoms with Crippen molar-refractivity contribution in [3.05, 3.63) is 70.7 Å². The fraction of sp³-hybridized carbons (Fsp3) is 0.231. The average molecular weight is 488 g/mol. The second-order valence-corrected chi connectivity index (χ2v) is 9.53. The van der Waals surface area contributed by atoms with Gasteiger partial charge in [-0.2, -0.15) is 0 Å². The van der Waals surface area contributed by atoms with Crippen molar-refractivity contribution in [1.82, 2.24) is 14.5 Å². The van der Waals surface area contributed by atoms with Crippen molar-refractivity contribution >= 4 is 37.6 Å². The zero-order valence-corrected chi connectivity index (χ0v) is 19.9. The highest BCUT2D eigenvalue weighted by atomic mass is 32.1. The minimum absolute atomic E-state index is 0.189. The molecule has 0 unspecified atom stereocenters. The lowest BCUT2D eigenvalue weighted by Crippen LogP contribution is -2.24. The molecule has 0 saturated heterocycles. The molecular weight excluding hydrogens is 466 g/mol. The van der Waals surface area contributed by atoms with Crippen molar-refractivity contribution in [3.8, 4) is 22.9 Å². The Morgan fingerprint density at radius 3 is 2.83 bits per heavy atom. The summed E-state index contributed by atoms with van der Waals surface area (Å²) in [6, 6.07) is 11.2. The fourth-order valence-corrected chi connectivity index (χ4v) is 5.54. The van der Waals surface area contributed by atoms with Gasteiger partial charge in [0.2, 0.25) is 0 Å². The summed E-state index contributed by atoms with van der Waals surface area (Å²) in [6.45, 7) is 1.55. The number of esters is 1. The van der Waals surface area contributed by atoms with Gasteiger partial charge in [-0.05, 0) is 48.6 Å². The number of oxazole rings is 1. The summed E-state index contributed by atoms with van der Waals surface area (Å²) in [5, 5.41) is 1.19. The van der Waals surface area contributed by atoms with Gasteiger partial charge in [0.15, 0.2) is 6.39 Å². The molecule has 1 aliphatic carbocycles. The number of hydrogen-bond acceptors (Lipinski definition) is 8. The number of carbonyl (C=O) groups is 1. The largest absolute Gasteiger partial charge is 0.497 e. The molecule has 0 atom stereocenters. The van der Waals surface area contributed by atoms with Gasteiger partial charge >= 0.3 is 5.97 Å². The maximum absolute atomic E-state index is 14.0. The van der Waals surface area contributed by atoms with Gasteiger partial charge in [0.1, 0.15) is 27.9 Å². The highest BCUT2D eigenvalue weighted by molar-refractivity contribution is 7.25. The fourth-order valence-electron chi connectivity index (χ4n) is 4.42. The number of carbonyl (C=O) groups excluding carboxylic acids is 1. The number of methoxy groups -OCH3 is 1. The lowest BCUT2D eigenvalue weighted by molar-refractivity contribution is -0.131. The first-order chi connectivity index (χ1) is 17.0. The van der Waals surface area contributed by atoms with Gasteiger partial charge in [-0.3, -0.25) is 14.2 Å². The summed E-state index contributed by atoms with van der Waals surface area (Å²) in [6.07, 6.45) is 5.12. The molecule has 2 aromatic carbocycles. The SMILES string of the molecule is COc1ccc(-c2nc3sc4c(OC(C)=O)cccc4c3c(=O)n2Cc2cnco2)c(C2CC2)c1. The van der Waals surface area contributed by atoms with E-state index in [1.54, 1.807) is 30.0 Å². The number of aromatic nitrogens is 3. The van der Waals surface area contributed by atoms with Gasteiger partial charge in [0, 0.05) is 17.9 Å². The van der Waals surface area contributed by atoms with Gasteiger partial charge < -0.3 is 13.9 Å². The van der Waals surface area contributed by atoms with Crippen LogP contribution in [0.4, 0.5) is 0 Å². The third kappa shape index (κ3) is 3.77. The van der Waals surface area contributed by atoms with Crippen LogP contribution in [0.15, 0.2) is 58.2 Å². The van der Waals surface area contributed by atoms with E-state index in [2.05, 4.69) is 4.98 Å². The quantitative estimate of drug-likeness (QED) is 0.242. The van der Waals surface area contributed by atoms with Gasteiger partial charge in [0.25, 0.3) is 5.56 Å². The topological polar surface area (TPSA) is 96.5 Å². The maximum Gasteiger partial charge on any atom is 0.308 e. The van der Waals surface area contributed by atoms with Crippen molar-refractivity contribution in [2.45, 2.75) is 32.2 Å². The molecule has 6 rings (SSSR count). The number of rotatable bonds is 6. The van der Waals surface area contributed by atoms with Crippen LogP contribution in [0.5, 0.6) is 11.5 Å². The zero-order valence-electron chi connectivity index (χ0n) is 19.1. The molecule has 3 aromatic heterocycles. The van der Waals surface area contributed by atoms with Crippen LogP contribution in [0.25, 0.3) is 31.7 Å². The molecule has 1 fully saturated rings. The van der Waals surface area contributed by atoms with Gasteiger partial charge in [0.05, 0.1) is 29.9 Å². The number of thiophene rings is 1. The summed E-state index contributed by atoms with van der Waals surface area (Å²) in [5.41, 5.74) is 1.82. The molecule has 0 N–H and O–H groups in total. The summed E-state index contributed by atoms with van der Waals surface area (Å²) in [5.74, 6) is 2.29. The summed E-state index contributed by atoms with van der Waals surface area (Å²) < 4.78 is 18.7. The van der Waals surface area contributed by atoms with Crippen molar-refractivity contribution in [2.24, 2.45) is 0 Å². The predicted molar refractivity (Wildman–Crippen MR) is 132 cm³/mol. The van der Waals surface area contributed by atoms with Gasteiger partial charge in [-0.1, -0.05) is 12.1 Å². The van der Waals surface area contributed by atoms with Crippen molar-refractivity contribution in [3.63, 3.8) is 0 Å². The molecule has 1 saturated carbocycles. The molecule has 5 aromatic rings. The number of hydrogen-bond donors (Lipinski definition) is 0. The first kappa shape index (κ1) is 21.5. The first-order valence-corrected chi connectivity index (χ1v) is 12.0. The molecule has 8 nitrogen and oxygen atoms in total. The normalized spacial score (nSPS) is 13.4. The number of fused-ring (bicyclic) bond motifs is 3. The Morgan fingerprint density at radius 1 is 1.26 bits per heavy atom. The third-order valence-electron chi connectivity index (χ3n) is 6.15. The molecular formula is C26H21N3O5S. The van der Waals surface area contributed by atoms with E-state index in [4.69, 9.17) is 18.9 Å². The molecule has 35 heavy (non-hydrogen) atoms. The molecule has 0 radical (unpaired) electrons. The van der Waals surface area contributed by atoms with Crippen LogP contribution in [0.3, 0.4) is 0 Å². The Morgan fingerprint density at radius 2 is 2.11 bits per heavy atom. The molecule has 1 aliphatic rings. The van der Waals surface area contributed by atoms with E-state index in [9.17, 15) is 9.59 Å². The number of nitrogens with zero attached hydrogens (tertiary/aromatic N) is 3. The summed E-state index contributed by atoms with van der Waals surface area (Å²) >= 11 is 1.35. The highest BCUT2D eigenvalue weighted by Gasteiger charge is 2.29. The van der Waals surface area contributed by atoms with Crippen LogP contribution in [-0.4, -0.2) is 27.6 Å². The van der Waals surface area contributed by atoms with Gasteiger partial charge in [-0.25, -0.2) is 9.97 Å². The highest BCUT2D eigenvalue weighted by Crippen LogP contribution is 2.46. The second kappa shape index (κ2) is 8.35. The minimum Gasteiger partial charge on any atom is -0.497 e. The van der Waals surface area contributed by atoms with Crippen LogP contribution in [-0.2, 0) is 11.3 Å². The Balaban J connectivity index is 1.65. The van der Waals surface area contributed by atoms with E-state index in [-0.39, 0.29) is 12.1 Å². The average Bonchev–Trinajstić information content (AvgIpc) is 3.43. The Bertz CT molecular complexity index is 1650. The molecule has 0 bridgehead atoms. The van der Waals surface area contributed by atoms with Crippen LogP contribution in [0.1, 0.15) is 37.0 Å². The van der Waals surface area contributed by atoms with E-state index in [0.29, 0.717) is 43.6 Å². The van der Waals surface area contributed by atoms with Crippen LogP contribution in [0.2, 0.25) is 0 Å². The van der Waals surface area contributed by atoms with Crippen molar-refractivity contribution in [2.75, 3.05) is 7.11 Å². The zero-order chi connectivity index (χ0) is 24.1. The Kier molecular flexibility index (Phi) is 5.14. The number of ether oxygens (including phenoxy) is 2. The molecule has 0 amide bonds. The van der Waals surface area contributed by atoms with Crippen molar-refractivity contribution in [1.29, 1.82) is 0 Å². The lowest BCUT2D eigenvalue weighted by Gasteiger charge is -2.15. The van der Waals surface area contributed by atoms with E-state index in [0.717, 1.165) is 29.7 Å². The van der Waals surface area contributed by atoms with Crippen LogP contribution < -0.4 is 15.0 Å². The Labute approximate surface area is 203 Å². The standard InChI is InChI=1S/C26H21N3O5S/c1-14(30)34-21-5-3-4-19-22-25(35-23(19)21)28-24(29(26(22)31)12-17-11-27-13-33-17)18-9-8-16(32-2)10-20(18)15-6-7-15/h3-5,8-11,13,15H,6-7,12H2,1-2H3. The van der Waals surface area contributed by atoms with Crippen LogP contribution in [0, 0.1) is 0 Å². The van der Waals surface area contributed by atoms with E-state index in [1.165, 1.54) is 24.7 Å². The molecule has 0 spiro atoms. The molecule has 176 valence electrons. The summed E-state index contributed by atoms with van der Waals surface area (Å²) in [4.78, 5) is 35.3. The van der Waals surface area contributed by atoms with Crippen molar-refractivity contribution < 1.29 is 18.7 Å². The maximum atomic E-state index is 14.0. The van der Waals surface area contributed by atoms with Gasteiger partial charge in [-0.15, -0.1) is 11.3 Å². The monoisotopic (exact) mass is 487 g/mol. The predicted octanol–water partition coefficient (Wildman–Crippen LogP) is 5.13. The van der Waals surface area contributed by atoms with E-state index < -0.39 is 5.97 Å².